The second-order valence-electron chi connectivity index (χ2n) is 3.12. The molecule has 0 bridgehead atoms. The number of rotatable bonds is 2. The van der Waals surface area contributed by atoms with E-state index in [-0.39, 0.29) is 0 Å². The summed E-state index contributed by atoms with van der Waals surface area (Å²) in [6.45, 7) is 0. The number of pyridine rings is 2. The Balaban J connectivity index is 2.50. The molecule has 2 rings (SSSR count). The summed E-state index contributed by atoms with van der Waals surface area (Å²) in [5.74, 6) is 0. The van der Waals surface area contributed by atoms with Gasteiger partial charge in [-0.25, -0.2) is 0 Å². The van der Waals surface area contributed by atoms with Crippen molar-refractivity contribution in [3.05, 3.63) is 66.3 Å². The Morgan fingerprint density at radius 1 is 1.00 bits per heavy atom. The molecular weight excluding hydrogens is 198 g/mol. The van der Waals surface area contributed by atoms with E-state index in [1.807, 2.05) is 42.5 Å². The molecule has 0 saturated heterocycles. The maximum atomic E-state index is 8.78. The van der Waals surface area contributed by atoms with Crippen molar-refractivity contribution in [1.29, 1.82) is 5.26 Å². The van der Waals surface area contributed by atoms with E-state index < -0.39 is 0 Å². The van der Waals surface area contributed by atoms with Crippen LogP contribution in [0.25, 0.3) is 5.57 Å². The Kier molecular flexibility index (Phi) is 3.05. The third-order valence-corrected chi connectivity index (χ3v) is 2.09. The van der Waals surface area contributed by atoms with Crippen molar-refractivity contribution >= 4 is 5.57 Å². The Hall–Kier alpha value is -2.47. The van der Waals surface area contributed by atoms with E-state index in [0.29, 0.717) is 0 Å². The van der Waals surface area contributed by atoms with Gasteiger partial charge >= 0.3 is 0 Å². The van der Waals surface area contributed by atoms with Crippen molar-refractivity contribution in [3.63, 3.8) is 0 Å². The number of allylic oxidation sites excluding steroid dienone is 1. The van der Waals surface area contributed by atoms with Gasteiger partial charge in [-0.3, -0.25) is 9.97 Å². The highest BCUT2D eigenvalue weighted by atomic mass is 14.7. The van der Waals surface area contributed by atoms with Crippen LogP contribution in [0.1, 0.15) is 11.4 Å². The van der Waals surface area contributed by atoms with E-state index in [2.05, 4.69) is 9.97 Å². The van der Waals surface area contributed by atoms with Crippen molar-refractivity contribution in [2.24, 2.45) is 0 Å². The quantitative estimate of drug-likeness (QED) is 0.710. The molecule has 0 unspecified atom stereocenters. The first-order valence-corrected chi connectivity index (χ1v) is 4.84. The monoisotopic (exact) mass is 207 g/mol. The number of nitriles is 1. The van der Waals surface area contributed by atoms with Crippen LogP contribution >= 0.6 is 0 Å². The number of hydrogen-bond acceptors (Lipinski definition) is 3. The highest BCUT2D eigenvalue weighted by Gasteiger charge is 2.05. The van der Waals surface area contributed by atoms with Crippen LogP contribution in [-0.2, 0) is 0 Å². The first-order valence-electron chi connectivity index (χ1n) is 4.84. The van der Waals surface area contributed by atoms with Gasteiger partial charge in [0.2, 0.25) is 0 Å². The standard InChI is InChI=1S/C13H9N3/c14-8-7-11(12-5-1-3-9-15-12)13-6-2-4-10-16-13/h1-7,9-10H. The van der Waals surface area contributed by atoms with E-state index in [0.717, 1.165) is 17.0 Å². The fourth-order valence-electron chi connectivity index (χ4n) is 1.39. The second-order valence-corrected chi connectivity index (χ2v) is 3.12. The maximum Gasteiger partial charge on any atom is 0.0919 e. The van der Waals surface area contributed by atoms with Gasteiger partial charge in [-0.1, -0.05) is 12.1 Å². The Morgan fingerprint density at radius 3 is 1.94 bits per heavy atom. The fraction of sp³-hybridized carbons (Fsp3) is 0. The summed E-state index contributed by atoms with van der Waals surface area (Å²) >= 11 is 0. The molecule has 0 aliphatic carbocycles. The molecule has 0 N–H and O–H groups in total. The molecule has 2 heterocycles. The SMILES string of the molecule is N#CC=C(c1ccccn1)c1ccccn1. The Bertz CT molecular complexity index is 483. The molecule has 16 heavy (non-hydrogen) atoms. The van der Waals surface area contributed by atoms with Gasteiger partial charge in [0.1, 0.15) is 0 Å². The van der Waals surface area contributed by atoms with Crippen molar-refractivity contribution in [3.8, 4) is 6.07 Å². The molecule has 0 radical (unpaired) electrons. The van der Waals surface area contributed by atoms with Crippen LogP contribution in [0.2, 0.25) is 0 Å². The lowest BCUT2D eigenvalue weighted by Crippen LogP contribution is -1.93. The molecular formula is C13H9N3. The largest absolute Gasteiger partial charge is 0.256 e. The van der Waals surface area contributed by atoms with Gasteiger partial charge < -0.3 is 0 Å². The number of nitrogens with zero attached hydrogens (tertiary/aromatic N) is 3. The summed E-state index contributed by atoms with van der Waals surface area (Å²) < 4.78 is 0. The normalized spacial score (nSPS) is 9.19. The third kappa shape index (κ3) is 2.12. The van der Waals surface area contributed by atoms with Crippen LogP contribution in [0.15, 0.2) is 54.9 Å². The lowest BCUT2D eigenvalue weighted by atomic mass is 10.1. The Morgan fingerprint density at radius 2 is 1.56 bits per heavy atom. The van der Waals surface area contributed by atoms with Gasteiger partial charge in [0.25, 0.3) is 0 Å². The number of aromatic nitrogens is 2. The van der Waals surface area contributed by atoms with E-state index in [4.69, 9.17) is 5.26 Å². The zero-order valence-corrected chi connectivity index (χ0v) is 8.54. The lowest BCUT2D eigenvalue weighted by molar-refractivity contribution is 1.22. The second kappa shape index (κ2) is 4.85. The molecule has 2 aromatic rings. The van der Waals surface area contributed by atoms with Crippen molar-refractivity contribution in [1.82, 2.24) is 9.97 Å². The minimum Gasteiger partial charge on any atom is -0.256 e. The van der Waals surface area contributed by atoms with Gasteiger partial charge in [0.05, 0.1) is 17.5 Å². The van der Waals surface area contributed by atoms with Crippen molar-refractivity contribution in [2.45, 2.75) is 0 Å². The molecule has 3 nitrogen and oxygen atoms in total. The predicted molar refractivity (Wildman–Crippen MR) is 61.2 cm³/mol. The molecule has 0 atom stereocenters. The summed E-state index contributed by atoms with van der Waals surface area (Å²) in [5.41, 5.74) is 2.24. The molecule has 0 aliphatic heterocycles. The molecule has 0 saturated carbocycles. The molecule has 0 amide bonds. The molecule has 0 spiro atoms. The minimum absolute atomic E-state index is 0.740. The first kappa shape index (κ1) is 10.1. The zero-order chi connectivity index (χ0) is 11.2. The van der Waals surface area contributed by atoms with Gasteiger partial charge in [-0.15, -0.1) is 0 Å². The van der Waals surface area contributed by atoms with Crippen LogP contribution in [0, 0.1) is 11.3 Å². The average molecular weight is 207 g/mol. The van der Waals surface area contributed by atoms with Crippen LogP contribution < -0.4 is 0 Å². The minimum atomic E-state index is 0.740. The fourth-order valence-corrected chi connectivity index (χ4v) is 1.39. The molecule has 2 aromatic heterocycles. The van der Waals surface area contributed by atoms with Crippen LogP contribution in [0.5, 0.6) is 0 Å². The summed E-state index contributed by atoms with van der Waals surface area (Å²) in [6, 6.07) is 13.2. The molecule has 76 valence electrons. The van der Waals surface area contributed by atoms with E-state index in [1.54, 1.807) is 12.4 Å². The Labute approximate surface area is 93.7 Å². The summed E-state index contributed by atoms with van der Waals surface area (Å²) in [5, 5.41) is 8.78. The predicted octanol–water partition coefficient (Wildman–Crippen LogP) is 2.43. The highest BCUT2D eigenvalue weighted by molar-refractivity contribution is 5.77. The van der Waals surface area contributed by atoms with Gasteiger partial charge in [0.15, 0.2) is 0 Å². The summed E-state index contributed by atoms with van der Waals surface area (Å²) in [4.78, 5) is 8.43. The highest BCUT2D eigenvalue weighted by Crippen LogP contribution is 2.18. The molecule has 3 heteroatoms. The van der Waals surface area contributed by atoms with Crippen LogP contribution in [-0.4, -0.2) is 9.97 Å². The van der Waals surface area contributed by atoms with Crippen molar-refractivity contribution in [2.75, 3.05) is 0 Å². The first-order chi connectivity index (χ1) is 7.92. The zero-order valence-electron chi connectivity index (χ0n) is 8.54. The van der Waals surface area contributed by atoms with E-state index in [1.165, 1.54) is 6.08 Å². The third-order valence-electron chi connectivity index (χ3n) is 2.09. The van der Waals surface area contributed by atoms with Crippen LogP contribution in [0.3, 0.4) is 0 Å². The molecule has 0 fully saturated rings. The van der Waals surface area contributed by atoms with Crippen molar-refractivity contribution < 1.29 is 0 Å². The van der Waals surface area contributed by atoms with Gasteiger partial charge in [0, 0.05) is 24.0 Å². The summed E-state index contributed by atoms with van der Waals surface area (Å²) in [7, 11) is 0. The maximum absolute atomic E-state index is 8.78. The smallest absolute Gasteiger partial charge is 0.0919 e. The van der Waals surface area contributed by atoms with Gasteiger partial charge in [-0.05, 0) is 24.3 Å². The lowest BCUT2D eigenvalue weighted by Gasteiger charge is -2.03. The molecule has 0 aromatic carbocycles. The van der Waals surface area contributed by atoms with E-state index >= 15 is 0 Å². The van der Waals surface area contributed by atoms with E-state index in [9.17, 15) is 0 Å². The summed E-state index contributed by atoms with van der Waals surface area (Å²) in [6.07, 6.45) is 4.86. The molecule has 0 aliphatic rings. The van der Waals surface area contributed by atoms with Crippen LogP contribution in [0.4, 0.5) is 0 Å². The topological polar surface area (TPSA) is 49.6 Å². The number of hydrogen-bond donors (Lipinski definition) is 0. The van der Waals surface area contributed by atoms with Gasteiger partial charge in [-0.2, -0.15) is 5.26 Å². The average Bonchev–Trinajstić information content (AvgIpc) is 2.38.